The molecular formula is C17H11ClO4. The van der Waals surface area contributed by atoms with Gasteiger partial charge in [0.1, 0.15) is 5.75 Å². The Hall–Kier alpha value is -2.77. The number of carbonyl (C=O) groups is 2. The maximum absolute atomic E-state index is 12.6. The summed E-state index contributed by atoms with van der Waals surface area (Å²) >= 11 is 5.91. The number of rotatable bonds is 5. The summed E-state index contributed by atoms with van der Waals surface area (Å²) in [6.07, 6.45) is 5.32. The van der Waals surface area contributed by atoms with Gasteiger partial charge < -0.3 is 9.84 Å². The van der Waals surface area contributed by atoms with Crippen LogP contribution in [-0.4, -0.2) is 23.5 Å². The molecule has 2 aromatic carbocycles. The van der Waals surface area contributed by atoms with Gasteiger partial charge in [-0.3, -0.25) is 4.79 Å². The van der Waals surface area contributed by atoms with Crippen LogP contribution in [0, 0.1) is 12.3 Å². The van der Waals surface area contributed by atoms with E-state index in [4.69, 9.17) is 27.9 Å². The van der Waals surface area contributed by atoms with Crippen molar-refractivity contribution in [2.75, 3.05) is 6.61 Å². The van der Waals surface area contributed by atoms with Gasteiger partial charge >= 0.3 is 5.97 Å². The average molecular weight is 315 g/mol. The molecule has 0 unspecified atom stereocenters. The summed E-state index contributed by atoms with van der Waals surface area (Å²) in [7, 11) is 0. The van der Waals surface area contributed by atoms with Gasteiger partial charge in [0.15, 0.2) is 12.4 Å². The topological polar surface area (TPSA) is 63.6 Å². The second-order valence-corrected chi connectivity index (χ2v) is 4.81. The van der Waals surface area contributed by atoms with Crippen molar-refractivity contribution in [2.45, 2.75) is 0 Å². The number of benzene rings is 2. The second kappa shape index (κ2) is 6.79. The normalized spacial score (nSPS) is 9.82. The Morgan fingerprint density at radius 2 is 2.00 bits per heavy atom. The molecule has 0 bridgehead atoms. The minimum atomic E-state index is -1.14. The molecule has 0 saturated carbocycles. The zero-order chi connectivity index (χ0) is 16.1. The lowest BCUT2D eigenvalue weighted by molar-refractivity contribution is -0.139. The minimum absolute atomic E-state index is 0.155. The molecular weight excluding hydrogens is 304 g/mol. The Labute approximate surface area is 132 Å². The first-order valence-electron chi connectivity index (χ1n) is 6.27. The van der Waals surface area contributed by atoms with Crippen molar-refractivity contribution < 1.29 is 19.4 Å². The number of carbonyl (C=O) groups excluding carboxylic acids is 1. The molecule has 22 heavy (non-hydrogen) atoms. The van der Waals surface area contributed by atoms with Gasteiger partial charge in [-0.25, -0.2) is 4.79 Å². The molecule has 1 N–H and O–H groups in total. The van der Waals surface area contributed by atoms with E-state index in [-0.39, 0.29) is 17.1 Å². The van der Waals surface area contributed by atoms with Crippen molar-refractivity contribution in [3.8, 4) is 18.1 Å². The molecule has 0 amide bonds. The Morgan fingerprint density at radius 1 is 1.23 bits per heavy atom. The van der Waals surface area contributed by atoms with E-state index in [1.54, 1.807) is 24.3 Å². The van der Waals surface area contributed by atoms with Crippen molar-refractivity contribution in [3.63, 3.8) is 0 Å². The number of aliphatic carboxylic acids is 1. The van der Waals surface area contributed by atoms with E-state index in [9.17, 15) is 9.59 Å². The Balaban J connectivity index is 2.41. The quantitative estimate of drug-likeness (QED) is 0.680. The fourth-order valence-corrected chi connectivity index (χ4v) is 2.02. The van der Waals surface area contributed by atoms with E-state index in [0.29, 0.717) is 16.1 Å². The van der Waals surface area contributed by atoms with Gasteiger partial charge in [-0.2, -0.15) is 0 Å². The molecule has 0 spiro atoms. The van der Waals surface area contributed by atoms with E-state index in [1.807, 2.05) is 0 Å². The van der Waals surface area contributed by atoms with Crippen LogP contribution in [0.1, 0.15) is 21.5 Å². The lowest BCUT2D eigenvalue weighted by Gasteiger charge is -2.10. The predicted molar refractivity (Wildman–Crippen MR) is 82.4 cm³/mol. The van der Waals surface area contributed by atoms with Crippen molar-refractivity contribution in [1.82, 2.24) is 0 Å². The molecule has 0 aromatic heterocycles. The van der Waals surface area contributed by atoms with Gasteiger partial charge in [0.05, 0.1) is 5.56 Å². The summed E-state index contributed by atoms with van der Waals surface area (Å²) in [5, 5.41) is 9.03. The minimum Gasteiger partial charge on any atom is -0.481 e. The van der Waals surface area contributed by atoms with Crippen LogP contribution < -0.4 is 4.74 Å². The first kappa shape index (κ1) is 15.6. The highest BCUT2D eigenvalue weighted by Crippen LogP contribution is 2.26. The van der Waals surface area contributed by atoms with Crippen LogP contribution in [-0.2, 0) is 4.79 Å². The Bertz CT molecular complexity index is 774. The van der Waals surface area contributed by atoms with Crippen molar-refractivity contribution >= 4 is 23.4 Å². The third-order valence-electron chi connectivity index (χ3n) is 2.83. The number of ketones is 1. The zero-order valence-corrected chi connectivity index (χ0v) is 12.1. The molecule has 0 heterocycles. The summed E-state index contributed by atoms with van der Waals surface area (Å²) in [6.45, 7) is -0.549. The molecule has 0 aliphatic heterocycles. The molecule has 0 saturated heterocycles. The van der Waals surface area contributed by atoms with Crippen molar-refractivity contribution in [1.29, 1.82) is 0 Å². The van der Waals surface area contributed by atoms with E-state index in [2.05, 4.69) is 5.92 Å². The number of carboxylic acids is 1. The highest BCUT2D eigenvalue weighted by atomic mass is 35.5. The first-order chi connectivity index (χ1) is 10.5. The van der Waals surface area contributed by atoms with Crippen LogP contribution in [0.4, 0.5) is 0 Å². The van der Waals surface area contributed by atoms with Crippen molar-refractivity contribution in [2.24, 2.45) is 0 Å². The summed E-state index contributed by atoms with van der Waals surface area (Å²) in [5.41, 5.74) is 1.13. The van der Waals surface area contributed by atoms with Crippen LogP contribution in [0.3, 0.4) is 0 Å². The van der Waals surface area contributed by atoms with Crippen LogP contribution in [0.5, 0.6) is 5.75 Å². The number of terminal acetylenes is 1. The zero-order valence-electron chi connectivity index (χ0n) is 11.4. The fraction of sp³-hybridized carbons (Fsp3) is 0.0588. The molecule has 0 aliphatic rings. The van der Waals surface area contributed by atoms with Gasteiger partial charge in [0.25, 0.3) is 0 Å². The number of halogens is 1. The van der Waals surface area contributed by atoms with Crippen LogP contribution >= 0.6 is 11.6 Å². The third-order valence-corrected chi connectivity index (χ3v) is 3.06. The van der Waals surface area contributed by atoms with Gasteiger partial charge in [-0.05, 0) is 30.3 Å². The number of ether oxygens (including phenoxy) is 1. The molecule has 5 heteroatoms. The lowest BCUT2D eigenvalue weighted by Crippen LogP contribution is -2.12. The molecule has 2 aromatic rings. The smallest absolute Gasteiger partial charge is 0.341 e. The van der Waals surface area contributed by atoms with E-state index in [0.717, 1.165) is 0 Å². The lowest BCUT2D eigenvalue weighted by atomic mass is 10.0. The molecule has 0 radical (unpaired) electrons. The van der Waals surface area contributed by atoms with E-state index < -0.39 is 12.6 Å². The highest BCUT2D eigenvalue weighted by molar-refractivity contribution is 6.31. The van der Waals surface area contributed by atoms with Crippen molar-refractivity contribution in [3.05, 3.63) is 64.2 Å². The Kier molecular flexibility index (Phi) is 4.82. The molecule has 4 nitrogen and oxygen atoms in total. The average Bonchev–Trinajstić information content (AvgIpc) is 2.52. The fourth-order valence-electron chi connectivity index (χ4n) is 1.85. The summed E-state index contributed by atoms with van der Waals surface area (Å²) in [4.78, 5) is 23.2. The third kappa shape index (κ3) is 3.66. The summed E-state index contributed by atoms with van der Waals surface area (Å²) < 4.78 is 5.13. The van der Waals surface area contributed by atoms with Gasteiger partial charge in [-0.1, -0.05) is 29.7 Å². The van der Waals surface area contributed by atoms with Gasteiger partial charge in [0, 0.05) is 16.1 Å². The highest BCUT2D eigenvalue weighted by Gasteiger charge is 2.16. The van der Waals surface area contributed by atoms with Crippen LogP contribution in [0.2, 0.25) is 5.02 Å². The number of hydrogen-bond donors (Lipinski definition) is 1. The van der Waals surface area contributed by atoms with Crippen LogP contribution in [0.25, 0.3) is 0 Å². The van der Waals surface area contributed by atoms with Crippen LogP contribution in [0.15, 0.2) is 42.5 Å². The molecule has 0 atom stereocenters. The molecule has 0 aliphatic carbocycles. The number of hydrogen-bond acceptors (Lipinski definition) is 3. The monoisotopic (exact) mass is 314 g/mol. The van der Waals surface area contributed by atoms with Gasteiger partial charge in [0.2, 0.25) is 0 Å². The maximum Gasteiger partial charge on any atom is 0.341 e. The maximum atomic E-state index is 12.6. The molecule has 110 valence electrons. The number of carboxylic acid groups (broad SMARTS) is 1. The van der Waals surface area contributed by atoms with Gasteiger partial charge in [-0.15, -0.1) is 6.42 Å². The SMILES string of the molecule is C#Cc1cccc(C(=O)c2cc(Cl)ccc2OCC(=O)O)c1. The standard InChI is InChI=1S/C17H11ClO4/c1-2-11-4-3-5-12(8-11)17(21)14-9-13(18)6-7-15(14)22-10-16(19)20/h1,3-9H,10H2,(H,19,20). The van der Waals surface area contributed by atoms with E-state index >= 15 is 0 Å². The Morgan fingerprint density at radius 3 is 2.68 bits per heavy atom. The molecule has 2 rings (SSSR count). The first-order valence-corrected chi connectivity index (χ1v) is 6.64. The summed E-state index contributed by atoms with van der Waals surface area (Å²) in [5.74, 6) is 1.12. The largest absolute Gasteiger partial charge is 0.481 e. The summed E-state index contributed by atoms with van der Waals surface area (Å²) in [6, 6.07) is 11.0. The second-order valence-electron chi connectivity index (χ2n) is 4.38. The van der Waals surface area contributed by atoms with E-state index in [1.165, 1.54) is 18.2 Å². The predicted octanol–water partition coefficient (Wildman–Crippen LogP) is 3.02. The molecule has 0 fully saturated rings.